The molecule has 0 atom stereocenters. The van der Waals surface area contributed by atoms with Crippen LogP contribution in [0.3, 0.4) is 0 Å². The van der Waals surface area contributed by atoms with E-state index in [1.54, 1.807) is 0 Å². The second-order valence-electron chi connectivity index (χ2n) is 8.34. The highest BCUT2D eigenvalue weighted by atomic mass is 32.2. The molecule has 0 aliphatic carbocycles. The Hall–Kier alpha value is -2.48. The number of carbonyl (C=O) groups excluding carboxylic acids is 1. The first kappa shape index (κ1) is 22.7. The molecule has 6 nitrogen and oxygen atoms in total. The topological polar surface area (TPSA) is 72.9 Å². The summed E-state index contributed by atoms with van der Waals surface area (Å²) < 4.78 is 37.1. The summed E-state index contributed by atoms with van der Waals surface area (Å²) in [6.07, 6.45) is 2.80. The van der Waals surface area contributed by atoms with E-state index in [1.165, 1.54) is 28.1 Å². The normalized spacial score (nSPS) is 19.2. The van der Waals surface area contributed by atoms with E-state index in [4.69, 9.17) is 9.47 Å². The molecule has 0 amide bonds. The summed E-state index contributed by atoms with van der Waals surface area (Å²) in [5, 5.41) is 0. The van der Waals surface area contributed by atoms with Gasteiger partial charge < -0.3 is 9.47 Å². The summed E-state index contributed by atoms with van der Waals surface area (Å²) in [5.41, 5.74) is 5.77. The van der Waals surface area contributed by atoms with Crippen LogP contribution in [0.2, 0.25) is 0 Å². The van der Waals surface area contributed by atoms with Crippen LogP contribution in [0.1, 0.15) is 30.4 Å². The lowest BCUT2D eigenvalue weighted by molar-refractivity contribution is -0.146. The van der Waals surface area contributed by atoms with E-state index in [2.05, 4.69) is 37.3 Å². The number of benzene rings is 2. The molecular weight excluding hydrogens is 426 g/mol. The predicted molar refractivity (Wildman–Crippen MR) is 125 cm³/mol. The minimum absolute atomic E-state index is 0.120. The van der Waals surface area contributed by atoms with E-state index in [-0.39, 0.29) is 32.6 Å². The molecule has 32 heavy (non-hydrogen) atoms. The van der Waals surface area contributed by atoms with Gasteiger partial charge in [-0.1, -0.05) is 54.6 Å². The van der Waals surface area contributed by atoms with Gasteiger partial charge in [-0.05, 0) is 41.2 Å². The lowest BCUT2D eigenvalue weighted by Gasteiger charge is -2.38. The molecule has 0 aromatic heterocycles. The van der Waals surface area contributed by atoms with Crippen LogP contribution in [0.4, 0.5) is 0 Å². The molecule has 0 bridgehead atoms. The zero-order valence-electron chi connectivity index (χ0n) is 18.5. The van der Waals surface area contributed by atoms with Crippen LogP contribution in [0.5, 0.6) is 0 Å². The number of ether oxygens (including phenoxy) is 2. The smallest absolute Gasteiger partial charge is 0.328 e. The molecule has 170 valence electrons. The first-order valence-electron chi connectivity index (χ1n) is 10.9. The average Bonchev–Trinajstić information content (AvgIpc) is 2.84. The van der Waals surface area contributed by atoms with Crippen LogP contribution in [0.15, 0.2) is 54.6 Å². The number of sulfonamides is 1. The minimum atomic E-state index is -3.88. The van der Waals surface area contributed by atoms with Crippen LogP contribution >= 0.6 is 0 Å². The van der Waals surface area contributed by atoms with Gasteiger partial charge in [0.15, 0.2) is 4.75 Å². The van der Waals surface area contributed by atoms with Gasteiger partial charge in [0, 0.05) is 39.1 Å². The lowest BCUT2D eigenvalue weighted by atomic mass is 9.94. The van der Waals surface area contributed by atoms with Crippen LogP contribution in [-0.2, 0) is 24.3 Å². The number of aryl methyl sites for hydroxylation is 1. The van der Waals surface area contributed by atoms with Crippen molar-refractivity contribution in [3.05, 3.63) is 65.7 Å². The number of esters is 1. The van der Waals surface area contributed by atoms with Crippen molar-refractivity contribution in [3.8, 4) is 11.1 Å². The van der Waals surface area contributed by atoms with Crippen molar-refractivity contribution in [1.82, 2.24) is 4.31 Å². The van der Waals surface area contributed by atoms with E-state index < -0.39 is 20.7 Å². The Morgan fingerprint density at radius 1 is 1.06 bits per heavy atom. The van der Waals surface area contributed by atoms with Gasteiger partial charge in [-0.15, -0.1) is 0 Å². The van der Waals surface area contributed by atoms with E-state index >= 15 is 0 Å². The summed E-state index contributed by atoms with van der Waals surface area (Å²) in [7, 11) is -2.64. The maximum atomic E-state index is 13.5. The maximum absolute atomic E-state index is 13.5. The van der Waals surface area contributed by atoms with Crippen LogP contribution in [-0.4, -0.2) is 56.9 Å². The van der Waals surface area contributed by atoms with E-state index in [0.717, 1.165) is 11.1 Å². The van der Waals surface area contributed by atoms with Gasteiger partial charge in [0.2, 0.25) is 10.0 Å². The van der Waals surface area contributed by atoms with Crippen molar-refractivity contribution in [1.29, 1.82) is 0 Å². The standard InChI is InChI=1S/C25H29NO5S/c1-19-18-22(8-9-23(19)21-6-4-3-5-7-21)20-10-14-26(15-11-20)32(28,29)25(24(27)30-2)12-16-31-17-13-25/h3-10,18H,11-17H2,1-2H3. The van der Waals surface area contributed by atoms with E-state index in [1.807, 2.05) is 24.3 Å². The van der Waals surface area contributed by atoms with Crippen LogP contribution in [0.25, 0.3) is 16.7 Å². The molecular formula is C25H29NO5S. The monoisotopic (exact) mass is 455 g/mol. The minimum Gasteiger partial charge on any atom is -0.468 e. The third-order valence-electron chi connectivity index (χ3n) is 6.55. The largest absolute Gasteiger partial charge is 0.468 e. The van der Waals surface area contributed by atoms with E-state index in [0.29, 0.717) is 13.0 Å². The second-order valence-corrected chi connectivity index (χ2v) is 10.6. The van der Waals surface area contributed by atoms with Gasteiger partial charge in [-0.25, -0.2) is 8.42 Å². The number of methoxy groups -OCH3 is 1. The molecule has 0 radical (unpaired) electrons. The number of hydrogen-bond acceptors (Lipinski definition) is 5. The summed E-state index contributed by atoms with van der Waals surface area (Å²) in [6.45, 7) is 3.15. The molecule has 2 aromatic carbocycles. The highest BCUT2D eigenvalue weighted by Crippen LogP contribution is 2.36. The number of nitrogens with zero attached hydrogens (tertiary/aromatic N) is 1. The number of rotatable bonds is 5. The van der Waals surface area contributed by atoms with Gasteiger partial charge in [-0.3, -0.25) is 4.79 Å². The molecule has 1 fully saturated rings. The molecule has 0 N–H and O–H groups in total. The summed E-state index contributed by atoms with van der Waals surface area (Å²) in [6, 6.07) is 16.6. The first-order chi connectivity index (χ1) is 15.4. The number of hydrogen-bond donors (Lipinski definition) is 0. The average molecular weight is 456 g/mol. The van der Waals surface area contributed by atoms with Crippen molar-refractivity contribution in [2.75, 3.05) is 33.4 Å². The SMILES string of the molecule is COC(=O)C1(S(=O)(=O)N2CC=C(c3ccc(-c4ccccc4)c(C)c3)CC2)CCOCC1. The Morgan fingerprint density at radius 2 is 1.78 bits per heavy atom. The first-order valence-corrected chi connectivity index (χ1v) is 12.3. The fraction of sp³-hybridized carbons (Fsp3) is 0.400. The van der Waals surface area contributed by atoms with Crippen LogP contribution < -0.4 is 0 Å². The third kappa shape index (κ3) is 4.00. The molecule has 2 aliphatic rings. The zero-order valence-corrected chi connectivity index (χ0v) is 19.4. The van der Waals surface area contributed by atoms with E-state index in [9.17, 15) is 13.2 Å². The van der Waals surface area contributed by atoms with Gasteiger partial charge in [0.25, 0.3) is 0 Å². The summed E-state index contributed by atoms with van der Waals surface area (Å²) in [5.74, 6) is -0.692. The molecule has 2 heterocycles. The number of carbonyl (C=O) groups is 1. The molecule has 1 saturated heterocycles. The van der Waals surface area contributed by atoms with Crippen molar-refractivity contribution < 1.29 is 22.7 Å². The maximum Gasteiger partial charge on any atom is 0.328 e. The van der Waals surface area contributed by atoms with Crippen molar-refractivity contribution in [3.63, 3.8) is 0 Å². The summed E-state index contributed by atoms with van der Waals surface area (Å²) >= 11 is 0. The Morgan fingerprint density at radius 3 is 2.38 bits per heavy atom. The fourth-order valence-corrected chi connectivity index (χ4v) is 6.71. The van der Waals surface area contributed by atoms with Crippen molar-refractivity contribution >= 4 is 21.6 Å². The van der Waals surface area contributed by atoms with Gasteiger partial charge in [-0.2, -0.15) is 4.31 Å². The van der Waals surface area contributed by atoms with Crippen molar-refractivity contribution in [2.45, 2.75) is 30.9 Å². The van der Waals surface area contributed by atoms with Gasteiger partial charge in [0.1, 0.15) is 0 Å². The predicted octanol–water partition coefficient (Wildman–Crippen LogP) is 3.80. The molecule has 0 spiro atoms. The molecule has 4 rings (SSSR count). The Labute approximate surface area is 189 Å². The van der Waals surface area contributed by atoms with Gasteiger partial charge >= 0.3 is 5.97 Å². The molecule has 7 heteroatoms. The Balaban J connectivity index is 1.56. The zero-order chi connectivity index (χ0) is 22.8. The Bertz CT molecular complexity index is 1120. The molecule has 0 saturated carbocycles. The highest BCUT2D eigenvalue weighted by Gasteiger charge is 2.55. The van der Waals surface area contributed by atoms with Gasteiger partial charge in [0.05, 0.1) is 7.11 Å². The summed E-state index contributed by atoms with van der Waals surface area (Å²) in [4.78, 5) is 12.6. The molecule has 2 aromatic rings. The van der Waals surface area contributed by atoms with Crippen molar-refractivity contribution in [2.24, 2.45) is 0 Å². The fourth-order valence-electron chi connectivity index (χ4n) is 4.64. The quantitative estimate of drug-likeness (QED) is 0.641. The Kier molecular flexibility index (Phi) is 6.51. The second kappa shape index (κ2) is 9.17. The van der Waals surface area contributed by atoms with Crippen LogP contribution in [0, 0.1) is 6.92 Å². The molecule has 0 unspecified atom stereocenters. The third-order valence-corrected chi connectivity index (χ3v) is 9.12. The lowest BCUT2D eigenvalue weighted by Crippen LogP contribution is -2.57. The molecule has 2 aliphatic heterocycles. The highest BCUT2D eigenvalue weighted by molar-refractivity contribution is 7.91.